The summed E-state index contributed by atoms with van der Waals surface area (Å²) in [6, 6.07) is 7.06. The van der Waals surface area contributed by atoms with E-state index in [0.29, 0.717) is 16.2 Å². The maximum atomic E-state index is 12.9. The van der Waals surface area contributed by atoms with Gasteiger partial charge in [-0.15, -0.1) is 0 Å². The lowest BCUT2D eigenvalue weighted by molar-refractivity contribution is 0.467. The van der Waals surface area contributed by atoms with Crippen LogP contribution in [0.25, 0.3) is 10.8 Å². The van der Waals surface area contributed by atoms with E-state index in [0.717, 1.165) is 0 Å². The molecule has 0 aliphatic heterocycles. The molecule has 0 saturated heterocycles. The third-order valence-corrected chi connectivity index (χ3v) is 3.07. The second-order valence-electron chi connectivity index (χ2n) is 4.06. The van der Waals surface area contributed by atoms with E-state index in [4.69, 9.17) is 16.3 Å². The number of aromatic amines is 1. The summed E-state index contributed by atoms with van der Waals surface area (Å²) in [4.78, 5) is 18.4. The summed E-state index contributed by atoms with van der Waals surface area (Å²) in [5.41, 5.74) is -0.352. The lowest BCUT2D eigenvalue weighted by Gasteiger charge is -2.07. The smallest absolute Gasteiger partial charge is 0.261 e. The minimum atomic E-state index is -0.371. The van der Waals surface area contributed by atoms with Crippen molar-refractivity contribution in [2.45, 2.75) is 0 Å². The van der Waals surface area contributed by atoms with Crippen LogP contribution in [0.15, 0.2) is 47.5 Å². The zero-order valence-corrected chi connectivity index (χ0v) is 10.8. The molecule has 0 spiro atoms. The Morgan fingerprint density at radius 3 is 2.70 bits per heavy atom. The number of fused-ring (bicyclic) bond motifs is 1. The Hall–Kier alpha value is -2.40. The van der Waals surface area contributed by atoms with Crippen molar-refractivity contribution in [1.29, 1.82) is 0 Å². The quantitative estimate of drug-likeness (QED) is 0.786. The van der Waals surface area contributed by atoms with Crippen LogP contribution in [-0.4, -0.2) is 9.97 Å². The molecule has 0 saturated carbocycles. The number of nitrogens with zero attached hydrogens (tertiary/aromatic N) is 1. The zero-order chi connectivity index (χ0) is 14.1. The van der Waals surface area contributed by atoms with E-state index in [-0.39, 0.29) is 22.6 Å². The monoisotopic (exact) mass is 290 g/mol. The number of aromatic nitrogens is 2. The number of ether oxygens (including phenoxy) is 1. The van der Waals surface area contributed by atoms with Gasteiger partial charge >= 0.3 is 0 Å². The molecule has 2 heterocycles. The topological polar surface area (TPSA) is 55.0 Å². The largest absolute Gasteiger partial charge is 0.438 e. The molecule has 3 rings (SSSR count). The van der Waals surface area contributed by atoms with Gasteiger partial charge in [-0.25, -0.2) is 9.37 Å². The Kier molecular flexibility index (Phi) is 3.12. The number of hydrogen-bond donors (Lipinski definition) is 1. The Labute approximate surface area is 117 Å². The Morgan fingerprint density at radius 2 is 1.95 bits per heavy atom. The number of halogens is 2. The molecule has 0 bridgehead atoms. The van der Waals surface area contributed by atoms with Crippen LogP contribution in [0.2, 0.25) is 5.02 Å². The molecule has 0 aliphatic carbocycles. The minimum absolute atomic E-state index is 0.123. The van der Waals surface area contributed by atoms with Gasteiger partial charge in [-0.05, 0) is 30.3 Å². The fraction of sp³-hybridized carbons (Fsp3) is 0. The highest BCUT2D eigenvalue weighted by Gasteiger charge is 2.11. The van der Waals surface area contributed by atoms with E-state index in [1.165, 1.54) is 36.7 Å². The van der Waals surface area contributed by atoms with Crippen LogP contribution in [0.3, 0.4) is 0 Å². The predicted molar refractivity (Wildman–Crippen MR) is 73.8 cm³/mol. The number of hydrogen-bond acceptors (Lipinski definition) is 3. The maximum Gasteiger partial charge on any atom is 0.261 e. The van der Waals surface area contributed by atoms with E-state index in [9.17, 15) is 9.18 Å². The van der Waals surface area contributed by atoms with Crippen molar-refractivity contribution in [3.63, 3.8) is 0 Å². The van der Waals surface area contributed by atoms with E-state index < -0.39 is 0 Å². The van der Waals surface area contributed by atoms with Gasteiger partial charge in [-0.2, -0.15) is 0 Å². The standard InChI is InChI=1S/C14H8ClFN2O2/c15-11-7-18-13(19)12-10(11)5-6-17-14(12)20-9-3-1-8(16)2-4-9/h1-7H,(H,18,19). The first-order chi connectivity index (χ1) is 9.65. The summed E-state index contributed by atoms with van der Waals surface area (Å²) in [7, 11) is 0. The summed E-state index contributed by atoms with van der Waals surface area (Å²) in [6.07, 6.45) is 2.90. The molecule has 0 aliphatic rings. The molecule has 0 fully saturated rings. The van der Waals surface area contributed by atoms with E-state index >= 15 is 0 Å². The van der Waals surface area contributed by atoms with Gasteiger partial charge in [0, 0.05) is 17.8 Å². The van der Waals surface area contributed by atoms with E-state index in [2.05, 4.69) is 9.97 Å². The van der Waals surface area contributed by atoms with Gasteiger partial charge in [0.25, 0.3) is 5.56 Å². The molecular weight excluding hydrogens is 283 g/mol. The third kappa shape index (κ3) is 2.23. The lowest BCUT2D eigenvalue weighted by Crippen LogP contribution is -2.07. The first kappa shape index (κ1) is 12.6. The average molecular weight is 291 g/mol. The van der Waals surface area contributed by atoms with Crippen LogP contribution in [0.1, 0.15) is 0 Å². The van der Waals surface area contributed by atoms with Crippen molar-refractivity contribution in [2.75, 3.05) is 0 Å². The van der Waals surface area contributed by atoms with Gasteiger partial charge in [-0.3, -0.25) is 4.79 Å². The highest BCUT2D eigenvalue weighted by Crippen LogP contribution is 2.28. The van der Waals surface area contributed by atoms with Crippen LogP contribution in [0.5, 0.6) is 11.6 Å². The van der Waals surface area contributed by atoms with E-state index in [1.54, 1.807) is 6.07 Å². The molecule has 0 atom stereocenters. The molecule has 4 nitrogen and oxygen atoms in total. The van der Waals surface area contributed by atoms with Gasteiger partial charge in [0.15, 0.2) is 0 Å². The van der Waals surface area contributed by atoms with Crippen molar-refractivity contribution in [3.05, 3.63) is 63.9 Å². The van der Waals surface area contributed by atoms with Gasteiger partial charge in [0.2, 0.25) is 5.88 Å². The van der Waals surface area contributed by atoms with Crippen LogP contribution in [0.4, 0.5) is 4.39 Å². The summed E-state index contributed by atoms with van der Waals surface area (Å²) < 4.78 is 18.4. The zero-order valence-electron chi connectivity index (χ0n) is 10.1. The fourth-order valence-corrected chi connectivity index (χ4v) is 2.04. The first-order valence-corrected chi connectivity index (χ1v) is 6.12. The molecule has 1 N–H and O–H groups in total. The SMILES string of the molecule is O=c1[nH]cc(Cl)c2ccnc(Oc3ccc(F)cc3)c12. The Balaban J connectivity index is 2.14. The molecule has 6 heteroatoms. The highest BCUT2D eigenvalue weighted by atomic mass is 35.5. The molecule has 3 aromatic rings. The second-order valence-corrected chi connectivity index (χ2v) is 4.47. The van der Waals surface area contributed by atoms with Gasteiger partial charge in [0.1, 0.15) is 17.0 Å². The normalized spacial score (nSPS) is 10.7. The fourth-order valence-electron chi connectivity index (χ4n) is 1.83. The van der Waals surface area contributed by atoms with Crippen molar-refractivity contribution in [1.82, 2.24) is 9.97 Å². The third-order valence-electron chi connectivity index (χ3n) is 2.76. The van der Waals surface area contributed by atoms with Crippen LogP contribution >= 0.6 is 11.6 Å². The van der Waals surface area contributed by atoms with Crippen molar-refractivity contribution < 1.29 is 9.13 Å². The Morgan fingerprint density at radius 1 is 1.20 bits per heavy atom. The molecular formula is C14H8ClFN2O2. The molecule has 100 valence electrons. The van der Waals surface area contributed by atoms with Gasteiger partial charge < -0.3 is 9.72 Å². The van der Waals surface area contributed by atoms with Crippen LogP contribution in [-0.2, 0) is 0 Å². The predicted octanol–water partition coefficient (Wildman–Crippen LogP) is 3.51. The number of pyridine rings is 2. The Bertz CT molecular complexity index is 831. The minimum Gasteiger partial charge on any atom is -0.438 e. The van der Waals surface area contributed by atoms with Gasteiger partial charge in [-0.1, -0.05) is 11.6 Å². The molecule has 0 radical (unpaired) electrons. The summed E-state index contributed by atoms with van der Waals surface area (Å²) in [5.74, 6) is 0.132. The van der Waals surface area contributed by atoms with Crippen LogP contribution < -0.4 is 10.3 Å². The number of rotatable bonds is 2. The van der Waals surface area contributed by atoms with Gasteiger partial charge in [0.05, 0.1) is 5.02 Å². The average Bonchev–Trinajstić information content (AvgIpc) is 2.46. The number of nitrogens with one attached hydrogen (secondary N) is 1. The maximum absolute atomic E-state index is 12.9. The van der Waals surface area contributed by atoms with Crippen molar-refractivity contribution >= 4 is 22.4 Å². The lowest BCUT2D eigenvalue weighted by atomic mass is 10.2. The molecule has 1 aromatic carbocycles. The second kappa shape index (κ2) is 4.94. The number of benzene rings is 1. The van der Waals surface area contributed by atoms with Crippen LogP contribution in [0, 0.1) is 5.82 Å². The number of H-pyrrole nitrogens is 1. The first-order valence-electron chi connectivity index (χ1n) is 5.74. The summed E-state index contributed by atoms with van der Waals surface area (Å²) >= 11 is 6.02. The molecule has 2 aromatic heterocycles. The molecule has 0 unspecified atom stereocenters. The van der Waals surface area contributed by atoms with Crippen molar-refractivity contribution in [3.8, 4) is 11.6 Å². The summed E-state index contributed by atoms with van der Waals surface area (Å²) in [5, 5.41) is 1.19. The molecule has 0 amide bonds. The van der Waals surface area contributed by atoms with Crippen molar-refractivity contribution in [2.24, 2.45) is 0 Å². The highest BCUT2D eigenvalue weighted by molar-refractivity contribution is 6.35. The molecule has 20 heavy (non-hydrogen) atoms. The van der Waals surface area contributed by atoms with E-state index in [1.807, 2.05) is 0 Å². The summed E-state index contributed by atoms with van der Waals surface area (Å²) in [6.45, 7) is 0.